The molecule has 188 valence electrons. The van der Waals surface area contributed by atoms with Crippen molar-refractivity contribution >= 4 is 35.0 Å². The average Bonchev–Trinajstić information content (AvgIpc) is 3.15. The highest BCUT2D eigenvalue weighted by molar-refractivity contribution is 7.07. The fraction of sp³-hybridized carbons (Fsp3) is 0.296. The molecule has 4 rings (SSSR count). The molecule has 0 amide bonds. The van der Waals surface area contributed by atoms with Crippen LogP contribution in [-0.2, 0) is 9.53 Å². The summed E-state index contributed by atoms with van der Waals surface area (Å²) in [6.45, 7) is 8.50. The maximum absolute atomic E-state index is 13.7. The van der Waals surface area contributed by atoms with Gasteiger partial charge in [-0.05, 0) is 63.1 Å². The summed E-state index contributed by atoms with van der Waals surface area (Å²) in [7, 11) is 0. The van der Waals surface area contributed by atoms with Crippen molar-refractivity contribution in [2.45, 2.75) is 33.7 Å². The van der Waals surface area contributed by atoms with Gasteiger partial charge in [0.2, 0.25) is 0 Å². The van der Waals surface area contributed by atoms with Crippen molar-refractivity contribution in [3.05, 3.63) is 89.6 Å². The summed E-state index contributed by atoms with van der Waals surface area (Å²) in [5.41, 5.74) is 1.92. The van der Waals surface area contributed by atoms with Crippen LogP contribution in [-0.4, -0.2) is 30.4 Å². The van der Waals surface area contributed by atoms with E-state index in [-0.39, 0.29) is 12.2 Å². The molecule has 2 aromatic carbocycles. The number of carbonyl (C=O) groups is 1. The van der Waals surface area contributed by atoms with Crippen LogP contribution in [0.1, 0.15) is 44.9 Å². The van der Waals surface area contributed by atoms with Gasteiger partial charge in [0.05, 0.1) is 35.6 Å². The number of carbonyl (C=O) groups excluding carboxylic acids is 1. The quantitative estimate of drug-likeness (QED) is 0.410. The second-order valence-corrected chi connectivity index (χ2v) is 9.31. The van der Waals surface area contributed by atoms with Gasteiger partial charge in [-0.15, -0.1) is 0 Å². The molecule has 0 fully saturated rings. The Morgan fingerprint density at radius 2 is 1.81 bits per heavy atom. The number of esters is 1. The van der Waals surface area contributed by atoms with E-state index in [4.69, 9.17) is 25.8 Å². The molecule has 0 N–H and O–H groups in total. The number of halogens is 1. The maximum atomic E-state index is 13.7. The largest absolute Gasteiger partial charge is 0.490 e. The standard InChI is InChI=1S/C27H27ClN2O5S/c1-5-33-20-13-12-17(14-21(20)34-6-2)15-22-25(31)30-24(18-10-8-9-11-19(18)28)23(26(32)35-7-3)16(4)29-27(30)36-22/h8-15,24H,5-7H2,1-4H3/b22-15+/t24-/m1/s1. The third-order valence-electron chi connectivity index (χ3n) is 5.58. The van der Waals surface area contributed by atoms with Gasteiger partial charge in [0.1, 0.15) is 6.04 Å². The molecule has 7 nitrogen and oxygen atoms in total. The molecule has 0 aliphatic carbocycles. The first-order chi connectivity index (χ1) is 17.4. The van der Waals surface area contributed by atoms with Crippen LogP contribution < -0.4 is 24.4 Å². The maximum Gasteiger partial charge on any atom is 0.338 e. The Balaban J connectivity index is 1.91. The molecule has 1 atom stereocenters. The number of allylic oxidation sites excluding steroid dienone is 1. The Labute approximate surface area is 217 Å². The lowest BCUT2D eigenvalue weighted by Crippen LogP contribution is -2.40. The van der Waals surface area contributed by atoms with Crippen LogP contribution in [0.5, 0.6) is 11.5 Å². The second kappa shape index (κ2) is 11.1. The van der Waals surface area contributed by atoms with Crippen LogP contribution in [0.4, 0.5) is 0 Å². The predicted octanol–water partition coefficient (Wildman–Crippen LogP) is 4.25. The molecule has 0 saturated heterocycles. The Hall–Kier alpha value is -3.36. The molecule has 9 heteroatoms. The zero-order chi connectivity index (χ0) is 25.8. The molecule has 1 aliphatic rings. The van der Waals surface area contributed by atoms with Crippen LogP contribution in [0.3, 0.4) is 0 Å². The number of benzene rings is 2. The third kappa shape index (κ3) is 4.96. The summed E-state index contributed by atoms with van der Waals surface area (Å²) >= 11 is 7.80. The van der Waals surface area contributed by atoms with Gasteiger partial charge in [-0.2, -0.15) is 0 Å². The first kappa shape index (κ1) is 25.7. The Morgan fingerprint density at radius 3 is 2.50 bits per heavy atom. The molecule has 0 bridgehead atoms. The van der Waals surface area contributed by atoms with Crippen molar-refractivity contribution in [2.24, 2.45) is 4.99 Å². The molecule has 1 aliphatic heterocycles. The molecule has 36 heavy (non-hydrogen) atoms. The van der Waals surface area contributed by atoms with Gasteiger partial charge in [0.25, 0.3) is 5.56 Å². The van der Waals surface area contributed by atoms with Crippen molar-refractivity contribution in [3.8, 4) is 11.5 Å². The number of nitrogens with zero attached hydrogens (tertiary/aromatic N) is 2. The molecular formula is C27H27ClN2O5S. The number of fused-ring (bicyclic) bond motifs is 1. The number of hydrogen-bond acceptors (Lipinski definition) is 7. The van der Waals surface area contributed by atoms with Crippen molar-refractivity contribution in [1.82, 2.24) is 4.57 Å². The molecule has 3 aromatic rings. The molecule has 2 heterocycles. The number of ether oxygens (including phenoxy) is 3. The van der Waals surface area contributed by atoms with Crippen molar-refractivity contribution in [1.29, 1.82) is 0 Å². The molecule has 1 aromatic heterocycles. The van der Waals surface area contributed by atoms with E-state index >= 15 is 0 Å². The summed E-state index contributed by atoms with van der Waals surface area (Å²) in [6.07, 6.45) is 1.79. The number of rotatable bonds is 8. The fourth-order valence-corrected chi connectivity index (χ4v) is 5.38. The van der Waals surface area contributed by atoms with Gasteiger partial charge in [-0.25, -0.2) is 9.79 Å². The zero-order valence-corrected chi connectivity index (χ0v) is 22.1. The minimum Gasteiger partial charge on any atom is -0.490 e. The zero-order valence-electron chi connectivity index (χ0n) is 20.5. The first-order valence-corrected chi connectivity index (χ1v) is 12.9. The molecular weight excluding hydrogens is 500 g/mol. The van der Waals surface area contributed by atoms with E-state index in [1.165, 1.54) is 15.9 Å². The van der Waals surface area contributed by atoms with E-state index in [9.17, 15) is 9.59 Å². The molecule has 0 saturated carbocycles. The van der Waals surface area contributed by atoms with Crippen molar-refractivity contribution < 1.29 is 19.0 Å². The normalized spacial score (nSPS) is 15.4. The summed E-state index contributed by atoms with van der Waals surface area (Å²) in [5, 5.41) is 0.446. The monoisotopic (exact) mass is 526 g/mol. The summed E-state index contributed by atoms with van der Waals surface area (Å²) in [6, 6.07) is 12.0. The molecule has 0 spiro atoms. The Bertz CT molecular complexity index is 1510. The minimum absolute atomic E-state index is 0.204. The minimum atomic E-state index is -0.754. The van der Waals surface area contributed by atoms with Crippen LogP contribution in [0, 0.1) is 0 Å². The average molecular weight is 527 g/mol. The smallest absolute Gasteiger partial charge is 0.338 e. The van der Waals surface area contributed by atoms with E-state index in [0.29, 0.717) is 55.9 Å². The molecule has 0 unspecified atom stereocenters. The van der Waals surface area contributed by atoms with E-state index in [1.54, 1.807) is 32.1 Å². The summed E-state index contributed by atoms with van der Waals surface area (Å²) < 4.78 is 18.7. The first-order valence-electron chi connectivity index (χ1n) is 11.7. The van der Waals surface area contributed by atoms with E-state index in [2.05, 4.69) is 4.99 Å². The van der Waals surface area contributed by atoms with Gasteiger partial charge < -0.3 is 14.2 Å². The van der Waals surface area contributed by atoms with E-state index in [0.717, 1.165) is 5.56 Å². The highest BCUT2D eigenvalue weighted by Gasteiger charge is 2.34. The van der Waals surface area contributed by atoms with Crippen LogP contribution >= 0.6 is 22.9 Å². The lowest BCUT2D eigenvalue weighted by Gasteiger charge is -2.25. The Morgan fingerprint density at radius 1 is 1.08 bits per heavy atom. The van der Waals surface area contributed by atoms with Crippen LogP contribution in [0.2, 0.25) is 5.02 Å². The van der Waals surface area contributed by atoms with Crippen molar-refractivity contribution in [2.75, 3.05) is 19.8 Å². The molecule has 0 radical (unpaired) electrons. The lowest BCUT2D eigenvalue weighted by atomic mass is 9.96. The van der Waals surface area contributed by atoms with Crippen LogP contribution in [0.15, 0.2) is 63.5 Å². The van der Waals surface area contributed by atoms with Gasteiger partial charge in [0.15, 0.2) is 16.3 Å². The van der Waals surface area contributed by atoms with Gasteiger partial charge >= 0.3 is 5.97 Å². The number of aromatic nitrogens is 1. The lowest BCUT2D eigenvalue weighted by molar-refractivity contribution is -0.139. The highest BCUT2D eigenvalue weighted by Crippen LogP contribution is 2.34. The van der Waals surface area contributed by atoms with Crippen molar-refractivity contribution in [3.63, 3.8) is 0 Å². The van der Waals surface area contributed by atoms with E-state index < -0.39 is 12.0 Å². The number of thiazole rings is 1. The summed E-state index contributed by atoms with van der Waals surface area (Å²) in [5.74, 6) is 0.729. The summed E-state index contributed by atoms with van der Waals surface area (Å²) in [4.78, 5) is 31.8. The topological polar surface area (TPSA) is 79.1 Å². The number of hydrogen-bond donors (Lipinski definition) is 0. The fourth-order valence-electron chi connectivity index (χ4n) is 4.09. The SMILES string of the molecule is CCOC(=O)C1=C(C)N=c2s/c(=C/c3ccc(OCC)c(OCC)c3)c(=O)n2[C@@H]1c1ccccc1Cl. The van der Waals surface area contributed by atoms with Gasteiger partial charge in [0, 0.05) is 5.02 Å². The van der Waals surface area contributed by atoms with E-state index in [1.807, 2.05) is 44.2 Å². The second-order valence-electron chi connectivity index (χ2n) is 7.90. The van der Waals surface area contributed by atoms with Crippen LogP contribution in [0.25, 0.3) is 6.08 Å². The highest BCUT2D eigenvalue weighted by atomic mass is 35.5. The van der Waals surface area contributed by atoms with Gasteiger partial charge in [-0.3, -0.25) is 9.36 Å². The Kier molecular flexibility index (Phi) is 7.96. The van der Waals surface area contributed by atoms with Gasteiger partial charge in [-0.1, -0.05) is 47.2 Å². The predicted molar refractivity (Wildman–Crippen MR) is 141 cm³/mol. The third-order valence-corrected chi connectivity index (χ3v) is 6.91.